The van der Waals surface area contributed by atoms with Crippen LogP contribution in [0.3, 0.4) is 0 Å². The van der Waals surface area contributed by atoms with E-state index in [2.05, 4.69) is 20.0 Å². The summed E-state index contributed by atoms with van der Waals surface area (Å²) in [6.07, 6.45) is -3.90. The Kier molecular flexibility index (Phi) is 4.93. The number of ether oxygens (including phenoxy) is 2. The maximum absolute atomic E-state index is 12.5. The van der Waals surface area contributed by atoms with Crippen molar-refractivity contribution in [3.8, 4) is 5.75 Å². The molecular weight excluding hydrogens is 337 g/mol. The van der Waals surface area contributed by atoms with Crippen molar-refractivity contribution in [2.45, 2.75) is 25.2 Å². The highest BCUT2D eigenvalue weighted by Gasteiger charge is 2.32. The van der Waals surface area contributed by atoms with Gasteiger partial charge in [-0.25, -0.2) is 4.98 Å². The summed E-state index contributed by atoms with van der Waals surface area (Å²) in [4.78, 5) is 8.29. The van der Waals surface area contributed by atoms with Gasteiger partial charge in [0, 0.05) is 30.7 Å². The van der Waals surface area contributed by atoms with Crippen LogP contribution in [0.2, 0.25) is 0 Å². The van der Waals surface area contributed by atoms with Gasteiger partial charge >= 0.3 is 6.36 Å². The Hall–Kier alpha value is -2.55. The lowest BCUT2D eigenvalue weighted by Crippen LogP contribution is -2.18. The van der Waals surface area contributed by atoms with Crippen LogP contribution < -0.4 is 15.8 Å². The molecule has 1 saturated heterocycles. The lowest BCUT2D eigenvalue weighted by molar-refractivity contribution is -0.274. The first-order chi connectivity index (χ1) is 11.9. The van der Waals surface area contributed by atoms with E-state index in [1.54, 1.807) is 18.2 Å². The Balaban J connectivity index is 1.74. The fourth-order valence-electron chi connectivity index (χ4n) is 2.61. The number of nitrogens with one attached hydrogen (secondary N) is 1. The van der Waals surface area contributed by atoms with Crippen molar-refractivity contribution in [3.05, 3.63) is 41.6 Å². The average molecular weight is 354 g/mol. The molecule has 0 amide bonds. The Morgan fingerprint density at radius 3 is 2.80 bits per heavy atom. The molecule has 0 aliphatic carbocycles. The average Bonchev–Trinajstić information content (AvgIpc) is 3.06. The molecule has 0 spiro atoms. The van der Waals surface area contributed by atoms with Crippen molar-refractivity contribution in [2.75, 3.05) is 24.3 Å². The fraction of sp³-hybridized carbons (Fsp3) is 0.375. The van der Waals surface area contributed by atoms with Crippen molar-refractivity contribution in [1.82, 2.24) is 9.97 Å². The number of nitrogens with zero attached hydrogens (tertiary/aromatic N) is 2. The molecular formula is C16H17F3N4O2. The van der Waals surface area contributed by atoms with Crippen molar-refractivity contribution >= 4 is 11.8 Å². The zero-order valence-corrected chi connectivity index (χ0v) is 13.2. The smallest absolute Gasteiger partial charge is 0.405 e. The largest absolute Gasteiger partial charge is 0.573 e. The Morgan fingerprint density at radius 2 is 2.08 bits per heavy atom. The molecule has 0 radical (unpaired) electrons. The number of para-hydroxylation sites is 1. The van der Waals surface area contributed by atoms with E-state index >= 15 is 0 Å². The third-order valence-electron chi connectivity index (χ3n) is 3.77. The SMILES string of the molecule is Nc1nc(NCc2ccccc2OC(F)(F)F)cc([C@@H]2CCOC2)n1. The standard InChI is InChI=1S/C16H17F3N4O2/c17-16(18,19)25-13-4-2-1-3-10(13)8-21-14-7-12(22-15(20)23-14)11-5-6-24-9-11/h1-4,7,11H,5-6,8-9H2,(H3,20,21,22,23)/t11-/m1/s1. The molecule has 1 aliphatic rings. The van der Waals surface area contributed by atoms with E-state index in [0.29, 0.717) is 24.6 Å². The molecule has 3 N–H and O–H groups in total. The minimum absolute atomic E-state index is 0.101. The molecule has 1 aliphatic heterocycles. The van der Waals surface area contributed by atoms with Crippen molar-refractivity contribution in [1.29, 1.82) is 0 Å². The Bertz CT molecular complexity index is 734. The summed E-state index contributed by atoms with van der Waals surface area (Å²) in [6.45, 7) is 1.33. The third kappa shape index (κ3) is 4.72. The zero-order chi connectivity index (χ0) is 17.9. The van der Waals surface area contributed by atoms with E-state index in [-0.39, 0.29) is 24.2 Å². The lowest BCUT2D eigenvalue weighted by atomic mass is 10.0. The molecule has 1 aromatic carbocycles. The van der Waals surface area contributed by atoms with Crippen LogP contribution in [0.25, 0.3) is 0 Å². The topological polar surface area (TPSA) is 82.3 Å². The van der Waals surface area contributed by atoms with Crippen molar-refractivity contribution in [2.24, 2.45) is 0 Å². The van der Waals surface area contributed by atoms with Crippen LogP contribution in [0.1, 0.15) is 23.6 Å². The van der Waals surface area contributed by atoms with Crippen LogP contribution in [-0.2, 0) is 11.3 Å². The molecule has 2 heterocycles. The van der Waals surface area contributed by atoms with Gasteiger partial charge in [0.25, 0.3) is 0 Å². The Morgan fingerprint density at radius 1 is 1.28 bits per heavy atom. The van der Waals surface area contributed by atoms with Gasteiger partial charge in [0.05, 0.1) is 12.3 Å². The number of nitrogen functional groups attached to an aromatic ring is 1. The first kappa shape index (κ1) is 17.3. The number of halogens is 3. The summed E-state index contributed by atoms with van der Waals surface area (Å²) < 4.78 is 46.8. The molecule has 9 heteroatoms. The van der Waals surface area contributed by atoms with Crippen LogP contribution in [-0.4, -0.2) is 29.5 Å². The number of hydrogen-bond donors (Lipinski definition) is 2. The van der Waals surface area contributed by atoms with E-state index in [1.807, 2.05) is 0 Å². The van der Waals surface area contributed by atoms with Gasteiger partial charge in [0.15, 0.2) is 0 Å². The lowest BCUT2D eigenvalue weighted by Gasteiger charge is -2.15. The normalized spacial score (nSPS) is 17.5. The highest BCUT2D eigenvalue weighted by Crippen LogP contribution is 2.28. The number of anilines is 2. The summed E-state index contributed by atoms with van der Waals surface area (Å²) in [7, 11) is 0. The maximum atomic E-state index is 12.5. The van der Waals surface area contributed by atoms with Gasteiger partial charge in [0.1, 0.15) is 11.6 Å². The molecule has 6 nitrogen and oxygen atoms in total. The van der Waals surface area contributed by atoms with E-state index in [9.17, 15) is 13.2 Å². The second-order valence-corrected chi connectivity index (χ2v) is 5.61. The monoisotopic (exact) mass is 354 g/mol. The minimum atomic E-state index is -4.74. The first-order valence-electron chi connectivity index (χ1n) is 7.70. The number of benzene rings is 1. The van der Waals surface area contributed by atoms with Crippen LogP contribution in [0.15, 0.2) is 30.3 Å². The first-order valence-corrected chi connectivity index (χ1v) is 7.70. The predicted octanol–water partition coefficient (Wildman–Crippen LogP) is 3.07. The van der Waals surface area contributed by atoms with E-state index in [4.69, 9.17) is 10.5 Å². The molecule has 0 saturated carbocycles. The van der Waals surface area contributed by atoms with Gasteiger partial charge < -0.3 is 20.5 Å². The fourth-order valence-corrected chi connectivity index (χ4v) is 2.61. The van der Waals surface area contributed by atoms with E-state index in [0.717, 1.165) is 12.1 Å². The van der Waals surface area contributed by atoms with E-state index < -0.39 is 6.36 Å². The number of hydrogen-bond acceptors (Lipinski definition) is 6. The minimum Gasteiger partial charge on any atom is -0.405 e. The molecule has 1 aromatic heterocycles. The quantitative estimate of drug-likeness (QED) is 0.859. The molecule has 1 fully saturated rings. The summed E-state index contributed by atoms with van der Waals surface area (Å²) in [5.41, 5.74) is 6.84. The van der Waals surface area contributed by atoms with Gasteiger partial charge in [-0.2, -0.15) is 4.98 Å². The highest BCUT2D eigenvalue weighted by molar-refractivity contribution is 5.44. The van der Waals surface area contributed by atoms with Gasteiger partial charge in [-0.05, 0) is 12.5 Å². The summed E-state index contributed by atoms with van der Waals surface area (Å²) in [6, 6.07) is 7.66. The second-order valence-electron chi connectivity index (χ2n) is 5.61. The maximum Gasteiger partial charge on any atom is 0.573 e. The van der Waals surface area contributed by atoms with Crippen molar-refractivity contribution < 1.29 is 22.6 Å². The van der Waals surface area contributed by atoms with Crippen LogP contribution in [0.5, 0.6) is 5.75 Å². The summed E-state index contributed by atoms with van der Waals surface area (Å²) in [5.74, 6) is 0.434. The number of alkyl halides is 3. The van der Waals surface area contributed by atoms with Gasteiger partial charge in [-0.3, -0.25) is 0 Å². The molecule has 2 aromatic rings. The number of aromatic nitrogens is 2. The third-order valence-corrected chi connectivity index (χ3v) is 3.77. The second kappa shape index (κ2) is 7.14. The van der Waals surface area contributed by atoms with Crippen LogP contribution in [0.4, 0.5) is 24.9 Å². The Labute approximate surface area is 142 Å². The molecule has 25 heavy (non-hydrogen) atoms. The highest BCUT2D eigenvalue weighted by atomic mass is 19.4. The molecule has 134 valence electrons. The molecule has 3 rings (SSSR count). The van der Waals surface area contributed by atoms with E-state index in [1.165, 1.54) is 12.1 Å². The van der Waals surface area contributed by atoms with Gasteiger partial charge in [0.2, 0.25) is 5.95 Å². The zero-order valence-electron chi connectivity index (χ0n) is 13.2. The van der Waals surface area contributed by atoms with Crippen LogP contribution in [0, 0.1) is 0 Å². The number of nitrogens with two attached hydrogens (primary N) is 1. The van der Waals surface area contributed by atoms with Crippen molar-refractivity contribution in [3.63, 3.8) is 0 Å². The van der Waals surface area contributed by atoms with Gasteiger partial charge in [-0.1, -0.05) is 18.2 Å². The molecule has 0 bridgehead atoms. The van der Waals surface area contributed by atoms with Crippen LogP contribution >= 0.6 is 0 Å². The summed E-state index contributed by atoms with van der Waals surface area (Å²) >= 11 is 0. The predicted molar refractivity (Wildman–Crippen MR) is 85.1 cm³/mol. The molecule has 1 atom stereocenters. The molecule has 0 unspecified atom stereocenters. The number of rotatable bonds is 5. The van der Waals surface area contributed by atoms with Gasteiger partial charge in [-0.15, -0.1) is 13.2 Å². The summed E-state index contributed by atoms with van der Waals surface area (Å²) in [5, 5.41) is 2.97.